The van der Waals surface area contributed by atoms with Gasteiger partial charge in [-0.3, -0.25) is 5.43 Å². The van der Waals surface area contributed by atoms with Gasteiger partial charge in [-0.05, 0) is 71.1 Å². The summed E-state index contributed by atoms with van der Waals surface area (Å²) >= 11 is 1.22. The molecule has 0 unspecified atom stereocenters. The van der Waals surface area contributed by atoms with Gasteiger partial charge in [-0.15, -0.1) is 0 Å². The molecule has 2 aromatic carbocycles. The van der Waals surface area contributed by atoms with E-state index in [1.54, 1.807) is 55.6 Å². The molecule has 0 spiro atoms. The van der Waals surface area contributed by atoms with Crippen molar-refractivity contribution in [3.8, 4) is 5.75 Å². The minimum atomic E-state index is -1.02. The summed E-state index contributed by atoms with van der Waals surface area (Å²) in [7, 11) is 1.55. The van der Waals surface area contributed by atoms with Crippen molar-refractivity contribution in [3.63, 3.8) is 0 Å². The lowest BCUT2D eigenvalue weighted by atomic mass is 10.1. The van der Waals surface area contributed by atoms with Crippen molar-refractivity contribution in [2.45, 2.75) is 19.4 Å². The Bertz CT molecular complexity index is 1100. The minimum absolute atomic E-state index is 0.112. The smallest absolute Gasteiger partial charge is 0.338 e. The predicted molar refractivity (Wildman–Crippen MR) is 144 cm³/mol. The fraction of sp³-hybridized carbons (Fsp3) is 0.304. The number of esters is 2. The number of carbonyl (C=O) groups is 2. The van der Waals surface area contributed by atoms with Crippen molar-refractivity contribution in [2.24, 2.45) is 5.10 Å². The number of carbonyl (C=O) groups excluding carboxylic acids is 2. The highest BCUT2D eigenvalue weighted by Gasteiger charge is 2.71. The molecule has 2 aromatic rings. The van der Waals surface area contributed by atoms with Crippen LogP contribution in [0.1, 0.15) is 20.7 Å². The van der Waals surface area contributed by atoms with Gasteiger partial charge in [-0.1, -0.05) is 25.2 Å². The number of hydrazone groups is 1. The first-order valence-electron chi connectivity index (χ1n) is 10.1. The SMILES string of the molecule is C=NNc1ccc(C(=O)O[C@@H]2CO[C@]3(I=C)[C@@H](OC(=O)c4ccc(OC)cc4)CO[C@]23I)cc1. The first-order chi connectivity index (χ1) is 16.4. The van der Waals surface area contributed by atoms with E-state index in [9.17, 15) is 9.59 Å². The van der Waals surface area contributed by atoms with Crippen LogP contribution in [0.2, 0.25) is 0 Å². The summed E-state index contributed by atoms with van der Waals surface area (Å²) in [6, 6.07) is 13.3. The normalized spacial score (nSPS) is 27.5. The number of rotatable bonds is 8. The number of hydrogen-bond donors (Lipinski definition) is 1. The van der Waals surface area contributed by atoms with Gasteiger partial charge in [-0.2, -0.15) is 5.10 Å². The third-order valence-corrected chi connectivity index (χ3v) is 11.3. The van der Waals surface area contributed by atoms with E-state index in [0.29, 0.717) is 22.6 Å². The van der Waals surface area contributed by atoms with Crippen LogP contribution in [0.25, 0.3) is 0 Å². The zero-order valence-electron chi connectivity index (χ0n) is 18.2. The van der Waals surface area contributed by atoms with Gasteiger partial charge >= 0.3 is 11.9 Å². The Morgan fingerprint density at radius 3 is 2.15 bits per heavy atom. The number of alkyl halides is 2. The van der Waals surface area contributed by atoms with Crippen LogP contribution in [0.15, 0.2) is 53.6 Å². The van der Waals surface area contributed by atoms with Crippen LogP contribution in [0.5, 0.6) is 5.75 Å². The van der Waals surface area contributed by atoms with E-state index in [0.717, 1.165) is 0 Å². The van der Waals surface area contributed by atoms with Crippen LogP contribution in [-0.2, 0) is 18.9 Å². The number of fused-ring (bicyclic) bond motifs is 1. The van der Waals surface area contributed by atoms with Gasteiger partial charge in [0.25, 0.3) is 0 Å². The molecule has 1 N–H and O–H groups in total. The van der Waals surface area contributed by atoms with Crippen LogP contribution in [0.4, 0.5) is 5.69 Å². The van der Waals surface area contributed by atoms with Gasteiger partial charge in [0.2, 0.25) is 0 Å². The standard InChI is InChI=1S/C23H22I2N2O7/c1-25-23-19(34-21(29)15-6-10-17(30-3)11-7-15)13-31-22(23,24)18(12-32-23)33-20(28)14-4-8-16(9-5-14)27-26-2/h4-11,18-19,27H,1-2,12-13H2,3H3/t18-,19+,22-,23-/m1/s1. The van der Waals surface area contributed by atoms with Crippen molar-refractivity contribution in [3.05, 3.63) is 59.7 Å². The van der Waals surface area contributed by atoms with Gasteiger partial charge < -0.3 is 23.7 Å². The average Bonchev–Trinajstić information content (AvgIpc) is 3.30. The quantitative estimate of drug-likeness (QED) is 0.147. The first-order valence-corrected chi connectivity index (χ1v) is 13.8. The molecule has 180 valence electrons. The second-order valence-electron chi connectivity index (χ2n) is 7.41. The average molecular weight is 692 g/mol. The number of benzene rings is 2. The van der Waals surface area contributed by atoms with Crippen molar-refractivity contribution in [1.82, 2.24) is 0 Å². The van der Waals surface area contributed by atoms with Crippen molar-refractivity contribution >= 4 is 72.2 Å². The number of halogens is 2. The second kappa shape index (κ2) is 10.3. The maximum atomic E-state index is 12.8. The maximum Gasteiger partial charge on any atom is 0.338 e. The molecule has 0 amide bonds. The maximum absolute atomic E-state index is 12.8. The molecule has 2 aliphatic rings. The number of anilines is 1. The van der Waals surface area contributed by atoms with E-state index in [4.69, 9.17) is 23.7 Å². The molecular formula is C23H22I2N2O7. The van der Waals surface area contributed by atoms with E-state index in [2.05, 4.69) is 44.4 Å². The Morgan fingerprint density at radius 2 is 1.59 bits per heavy atom. The lowest BCUT2D eigenvalue weighted by molar-refractivity contribution is -0.0323. The molecule has 0 radical (unpaired) electrons. The van der Waals surface area contributed by atoms with Crippen LogP contribution >= 0.6 is 43.3 Å². The summed E-state index contributed by atoms with van der Waals surface area (Å²) in [6.07, 6.45) is -1.37. The van der Waals surface area contributed by atoms with E-state index in [1.165, 1.54) is 0 Å². The van der Waals surface area contributed by atoms with Crippen LogP contribution in [0.3, 0.4) is 0 Å². The first kappa shape index (κ1) is 25.0. The highest BCUT2D eigenvalue weighted by atomic mass is 127. The van der Waals surface area contributed by atoms with Crippen LogP contribution in [0, 0.1) is 0 Å². The van der Waals surface area contributed by atoms with Gasteiger partial charge in [0.1, 0.15) is 5.75 Å². The van der Waals surface area contributed by atoms with E-state index >= 15 is 0 Å². The zero-order valence-corrected chi connectivity index (χ0v) is 22.5. The molecule has 2 fully saturated rings. The molecule has 4 rings (SSSR count). The molecule has 34 heavy (non-hydrogen) atoms. The molecular weight excluding hydrogens is 670 g/mol. The fourth-order valence-electron chi connectivity index (χ4n) is 3.76. The Balaban J connectivity index is 1.48. The third-order valence-electron chi connectivity index (χ3n) is 5.53. The zero-order chi connectivity index (χ0) is 24.3. The minimum Gasteiger partial charge on any atom is -0.497 e. The Labute approximate surface area is 220 Å². The van der Waals surface area contributed by atoms with Gasteiger partial charge in [0, 0.05) is 6.72 Å². The molecule has 0 aliphatic carbocycles. The predicted octanol–water partition coefficient (Wildman–Crippen LogP) is 3.76. The fourth-order valence-corrected chi connectivity index (χ4v) is 7.94. The summed E-state index contributed by atoms with van der Waals surface area (Å²) in [5, 5.41) is 3.59. The number of hydrogen-bond acceptors (Lipinski definition) is 9. The molecule has 0 aromatic heterocycles. The van der Waals surface area contributed by atoms with Gasteiger partial charge in [0.05, 0.1) is 37.1 Å². The van der Waals surface area contributed by atoms with Crippen LogP contribution < -0.4 is 10.2 Å². The summed E-state index contributed by atoms with van der Waals surface area (Å²) in [5.41, 5.74) is 4.16. The monoisotopic (exact) mass is 692 g/mol. The molecule has 4 atom stereocenters. The van der Waals surface area contributed by atoms with Crippen molar-refractivity contribution in [2.75, 3.05) is 25.7 Å². The molecule has 11 heteroatoms. The topological polar surface area (TPSA) is 105 Å². The number of nitrogens with zero attached hydrogens (tertiary/aromatic N) is 1. The molecule has 2 aliphatic heterocycles. The number of ether oxygens (including phenoxy) is 5. The second-order valence-corrected chi connectivity index (χ2v) is 11.4. The van der Waals surface area contributed by atoms with Crippen LogP contribution in [-0.4, -0.2) is 62.9 Å². The Kier molecular flexibility index (Phi) is 7.54. The molecule has 2 saturated heterocycles. The Hall–Kier alpha value is -2.10. The summed E-state index contributed by atoms with van der Waals surface area (Å²) < 4.78 is 31.1. The molecule has 9 nitrogen and oxygen atoms in total. The Morgan fingerprint density at radius 1 is 1.03 bits per heavy atom. The molecule has 0 saturated carbocycles. The lowest BCUT2D eigenvalue weighted by Crippen LogP contribution is -2.51. The van der Waals surface area contributed by atoms with E-state index in [1.807, 2.05) is 0 Å². The summed E-state index contributed by atoms with van der Waals surface area (Å²) in [5.74, 6) is -0.372. The van der Waals surface area contributed by atoms with Gasteiger partial charge in [-0.25, -0.2) is 9.59 Å². The lowest BCUT2D eigenvalue weighted by Gasteiger charge is -2.34. The van der Waals surface area contributed by atoms with Crippen molar-refractivity contribution in [1.29, 1.82) is 0 Å². The molecule has 2 heterocycles. The number of nitrogens with one attached hydrogen (secondary N) is 1. The van der Waals surface area contributed by atoms with E-state index in [-0.39, 0.29) is 13.2 Å². The highest BCUT2D eigenvalue weighted by Crippen LogP contribution is 2.58. The number of methoxy groups -OCH3 is 1. The van der Waals surface area contributed by atoms with Gasteiger partial charge in [0.15, 0.2) is 19.4 Å². The third kappa shape index (κ3) is 4.45. The van der Waals surface area contributed by atoms with Crippen molar-refractivity contribution < 1.29 is 33.3 Å². The summed E-state index contributed by atoms with van der Waals surface area (Å²) in [6.45, 7) is 3.59. The molecule has 0 bridgehead atoms. The largest absolute Gasteiger partial charge is 0.497 e. The van der Waals surface area contributed by atoms with E-state index < -0.39 is 52.1 Å². The highest BCUT2D eigenvalue weighted by molar-refractivity contribution is 14.2. The summed E-state index contributed by atoms with van der Waals surface area (Å²) in [4.78, 5) is 25.6.